The maximum atomic E-state index is 11.6. The number of carboxylic acids is 1. The first-order chi connectivity index (χ1) is 12.4. The molecule has 26 heavy (non-hydrogen) atoms. The van der Waals surface area contributed by atoms with Crippen LogP contribution < -0.4 is 4.74 Å². The van der Waals surface area contributed by atoms with Crippen LogP contribution in [0.25, 0.3) is 0 Å². The van der Waals surface area contributed by atoms with Gasteiger partial charge in [-0.2, -0.15) is 0 Å². The third kappa shape index (κ3) is 2.72. The average Bonchev–Trinajstić information content (AvgIpc) is 2.65. The standard InChI is InChI=1S/C21H30N2O3/c1-21-8-10-22(2)18(11-14-6-7-16(26-3)12-17(14)21)19(21)23-9-4-5-15(13-23)20(24)25/h6-7,12,15,18-19H,4-5,8-11,13H2,1-3H3,(H,24,25)/t15?,18-,19?,21?/m1/s1. The molecule has 1 aliphatic carbocycles. The summed E-state index contributed by atoms with van der Waals surface area (Å²) < 4.78 is 5.51. The maximum absolute atomic E-state index is 11.6. The summed E-state index contributed by atoms with van der Waals surface area (Å²) in [7, 11) is 3.95. The number of rotatable bonds is 3. The van der Waals surface area contributed by atoms with Crippen molar-refractivity contribution in [3.8, 4) is 5.75 Å². The molecule has 1 aromatic carbocycles. The number of fused-ring (bicyclic) bond motifs is 4. The molecule has 2 bridgehead atoms. The number of methoxy groups -OCH3 is 1. The number of likely N-dealkylation sites (tertiary alicyclic amines) is 2. The Bertz CT molecular complexity index is 706. The molecule has 0 radical (unpaired) electrons. The van der Waals surface area contributed by atoms with Crippen LogP contribution >= 0.6 is 0 Å². The Morgan fingerprint density at radius 1 is 1.35 bits per heavy atom. The lowest BCUT2D eigenvalue weighted by molar-refractivity contribution is -0.145. The number of carboxylic acid groups (broad SMARTS) is 1. The van der Waals surface area contributed by atoms with Crippen molar-refractivity contribution < 1.29 is 14.6 Å². The molecule has 5 nitrogen and oxygen atoms in total. The van der Waals surface area contributed by atoms with Gasteiger partial charge < -0.3 is 14.7 Å². The first-order valence-electron chi connectivity index (χ1n) is 9.78. The molecule has 0 saturated carbocycles. The Labute approximate surface area is 155 Å². The van der Waals surface area contributed by atoms with E-state index in [1.165, 1.54) is 11.1 Å². The minimum absolute atomic E-state index is 0.0414. The van der Waals surface area contributed by atoms with Gasteiger partial charge in [0.2, 0.25) is 0 Å². The Morgan fingerprint density at radius 2 is 2.15 bits per heavy atom. The second kappa shape index (κ2) is 6.54. The van der Waals surface area contributed by atoms with Gasteiger partial charge in [0.25, 0.3) is 0 Å². The maximum Gasteiger partial charge on any atom is 0.307 e. The summed E-state index contributed by atoms with van der Waals surface area (Å²) in [5.41, 5.74) is 2.87. The van der Waals surface area contributed by atoms with Crippen molar-refractivity contribution in [2.75, 3.05) is 33.8 Å². The van der Waals surface area contributed by atoms with E-state index in [-0.39, 0.29) is 11.3 Å². The number of benzene rings is 1. The average molecular weight is 358 g/mol. The van der Waals surface area contributed by atoms with Crippen molar-refractivity contribution >= 4 is 5.97 Å². The first-order valence-corrected chi connectivity index (χ1v) is 9.78. The topological polar surface area (TPSA) is 53.0 Å². The fourth-order valence-corrected chi connectivity index (χ4v) is 5.67. The summed E-state index contributed by atoms with van der Waals surface area (Å²) in [5, 5.41) is 9.55. The minimum atomic E-state index is -0.642. The van der Waals surface area contributed by atoms with Crippen molar-refractivity contribution in [1.82, 2.24) is 9.80 Å². The third-order valence-corrected chi connectivity index (χ3v) is 7.12. The van der Waals surface area contributed by atoms with Gasteiger partial charge in [-0.1, -0.05) is 13.0 Å². The lowest BCUT2D eigenvalue weighted by Crippen LogP contribution is -2.68. The van der Waals surface area contributed by atoms with Gasteiger partial charge in [-0.15, -0.1) is 0 Å². The molecule has 0 amide bonds. The number of hydrogen-bond donors (Lipinski definition) is 1. The van der Waals surface area contributed by atoms with Gasteiger partial charge in [0.15, 0.2) is 0 Å². The molecule has 5 heteroatoms. The van der Waals surface area contributed by atoms with Crippen LogP contribution in [-0.2, 0) is 16.6 Å². The molecular weight excluding hydrogens is 328 g/mol. The highest BCUT2D eigenvalue weighted by molar-refractivity contribution is 5.70. The van der Waals surface area contributed by atoms with E-state index in [2.05, 4.69) is 42.0 Å². The number of hydrogen-bond acceptors (Lipinski definition) is 4. The van der Waals surface area contributed by atoms with Crippen molar-refractivity contribution in [2.24, 2.45) is 5.92 Å². The zero-order valence-corrected chi connectivity index (χ0v) is 16.1. The second-order valence-electron chi connectivity index (χ2n) is 8.56. The number of piperidine rings is 2. The van der Waals surface area contributed by atoms with Crippen molar-refractivity contribution in [3.05, 3.63) is 29.3 Å². The third-order valence-electron chi connectivity index (χ3n) is 7.12. The van der Waals surface area contributed by atoms with E-state index in [4.69, 9.17) is 4.74 Å². The second-order valence-corrected chi connectivity index (χ2v) is 8.56. The highest BCUT2D eigenvalue weighted by Crippen LogP contribution is 2.48. The number of carbonyl (C=O) groups is 1. The normalized spacial score (nSPS) is 35.0. The van der Waals surface area contributed by atoms with Gasteiger partial charge in [0, 0.05) is 24.0 Å². The quantitative estimate of drug-likeness (QED) is 0.899. The summed E-state index contributed by atoms with van der Waals surface area (Å²) in [6, 6.07) is 7.33. The zero-order valence-electron chi connectivity index (χ0n) is 16.1. The van der Waals surface area contributed by atoms with Crippen LogP contribution in [0, 0.1) is 5.92 Å². The number of likely N-dealkylation sites (N-methyl/N-ethyl adjacent to an activating group) is 1. The summed E-state index contributed by atoms with van der Waals surface area (Å²) >= 11 is 0. The van der Waals surface area contributed by atoms with E-state index in [0.717, 1.165) is 44.5 Å². The molecule has 2 fully saturated rings. The SMILES string of the molecule is COc1ccc2c(c1)C1(C)CCN(C)[C@H](C2)C1N1CCCC(C(=O)O)C1. The molecule has 1 aromatic rings. The molecular formula is C21H30N2O3. The lowest BCUT2D eigenvalue weighted by Gasteiger charge is -2.59. The van der Waals surface area contributed by atoms with Gasteiger partial charge in [-0.3, -0.25) is 9.69 Å². The van der Waals surface area contributed by atoms with Crippen LogP contribution in [-0.4, -0.2) is 66.8 Å². The lowest BCUT2D eigenvalue weighted by atomic mass is 9.61. The van der Waals surface area contributed by atoms with E-state index >= 15 is 0 Å². The van der Waals surface area contributed by atoms with Gasteiger partial charge in [-0.25, -0.2) is 0 Å². The molecule has 4 atom stereocenters. The summed E-state index contributed by atoms with van der Waals surface area (Å²) in [6.45, 7) is 5.16. The van der Waals surface area contributed by atoms with Gasteiger partial charge >= 0.3 is 5.97 Å². The molecule has 2 heterocycles. The molecule has 3 aliphatic rings. The highest BCUT2D eigenvalue weighted by atomic mass is 16.5. The number of ether oxygens (including phenoxy) is 1. The van der Waals surface area contributed by atoms with Crippen LogP contribution in [0.3, 0.4) is 0 Å². The monoisotopic (exact) mass is 358 g/mol. The van der Waals surface area contributed by atoms with Crippen LogP contribution in [0.5, 0.6) is 5.75 Å². The Kier molecular flexibility index (Phi) is 4.48. The molecule has 2 aliphatic heterocycles. The zero-order chi connectivity index (χ0) is 18.5. The fraction of sp³-hybridized carbons (Fsp3) is 0.667. The fourth-order valence-electron chi connectivity index (χ4n) is 5.67. The summed E-state index contributed by atoms with van der Waals surface area (Å²) in [4.78, 5) is 16.6. The molecule has 3 unspecified atom stereocenters. The Morgan fingerprint density at radius 3 is 2.88 bits per heavy atom. The Balaban J connectivity index is 1.75. The van der Waals surface area contributed by atoms with Gasteiger partial charge in [-0.05, 0) is 69.1 Å². The van der Waals surface area contributed by atoms with E-state index in [1.807, 2.05) is 0 Å². The highest BCUT2D eigenvalue weighted by Gasteiger charge is 2.53. The number of nitrogens with zero attached hydrogens (tertiary/aromatic N) is 2. The van der Waals surface area contributed by atoms with Crippen LogP contribution in [0.15, 0.2) is 18.2 Å². The molecule has 1 N–H and O–H groups in total. The van der Waals surface area contributed by atoms with Crippen molar-refractivity contribution in [3.63, 3.8) is 0 Å². The van der Waals surface area contributed by atoms with E-state index in [0.29, 0.717) is 18.6 Å². The van der Waals surface area contributed by atoms with Crippen LogP contribution in [0.4, 0.5) is 0 Å². The minimum Gasteiger partial charge on any atom is -0.497 e. The summed E-state index contributed by atoms with van der Waals surface area (Å²) in [6.07, 6.45) is 3.91. The van der Waals surface area contributed by atoms with Crippen LogP contribution in [0.2, 0.25) is 0 Å². The molecule has 0 aromatic heterocycles. The Hall–Kier alpha value is -1.59. The number of aliphatic carboxylic acids is 1. The van der Waals surface area contributed by atoms with E-state index in [9.17, 15) is 9.90 Å². The summed E-state index contributed by atoms with van der Waals surface area (Å²) in [5.74, 6) is 0.0458. The van der Waals surface area contributed by atoms with Crippen molar-refractivity contribution in [1.29, 1.82) is 0 Å². The predicted molar refractivity (Wildman–Crippen MR) is 101 cm³/mol. The molecule has 0 spiro atoms. The molecule has 142 valence electrons. The molecule has 4 rings (SSSR count). The smallest absolute Gasteiger partial charge is 0.307 e. The van der Waals surface area contributed by atoms with Crippen molar-refractivity contribution in [2.45, 2.75) is 50.1 Å². The first kappa shape index (κ1) is 17.8. The van der Waals surface area contributed by atoms with Crippen LogP contribution in [0.1, 0.15) is 37.3 Å². The van der Waals surface area contributed by atoms with E-state index in [1.54, 1.807) is 7.11 Å². The molecule has 2 saturated heterocycles. The largest absolute Gasteiger partial charge is 0.497 e. The van der Waals surface area contributed by atoms with E-state index < -0.39 is 5.97 Å². The van der Waals surface area contributed by atoms with Gasteiger partial charge in [0.1, 0.15) is 5.75 Å². The predicted octanol–water partition coefficient (Wildman–Crippen LogP) is 2.38. The van der Waals surface area contributed by atoms with Gasteiger partial charge in [0.05, 0.1) is 13.0 Å².